The standard InChI is InChI=1S/C26H27BrClN3O3.K.H/c1-16-24(20-14-18(27)9-10-22(20)30-25(16)31-12-4-5-13-31)26(34)29-15-17(8-11-23(32)33)19-6-2-3-7-21(19)28;;/h2-3,6-7,9-10,14,17H,4-5,8,11-13,15H2,1H3,(H,29,34)(H,32,33);;. The quantitative estimate of drug-likeness (QED) is 0.352. The summed E-state index contributed by atoms with van der Waals surface area (Å²) in [5, 5.41) is 13.6. The third kappa shape index (κ3) is 6.86. The second-order valence-corrected chi connectivity index (χ2v) is 9.97. The van der Waals surface area contributed by atoms with E-state index in [1.807, 2.05) is 43.3 Å². The number of halogens is 2. The molecule has 0 radical (unpaired) electrons. The van der Waals surface area contributed by atoms with E-state index in [-0.39, 0.29) is 76.2 Å². The van der Waals surface area contributed by atoms with Crippen molar-refractivity contribution in [3.8, 4) is 0 Å². The molecule has 3 aromatic rings. The average Bonchev–Trinajstić information content (AvgIpc) is 3.34. The van der Waals surface area contributed by atoms with Crippen LogP contribution in [0.5, 0.6) is 0 Å². The monoisotopic (exact) mass is 583 g/mol. The zero-order chi connectivity index (χ0) is 24.2. The Morgan fingerprint density at radius 1 is 1.20 bits per heavy atom. The first-order valence-corrected chi connectivity index (χ1v) is 12.6. The number of benzene rings is 2. The zero-order valence-electron chi connectivity index (χ0n) is 19.0. The maximum atomic E-state index is 13.6. The zero-order valence-corrected chi connectivity index (χ0v) is 21.3. The number of nitrogens with zero attached hydrogens (tertiary/aromatic N) is 2. The molecule has 6 nitrogen and oxygen atoms in total. The van der Waals surface area contributed by atoms with Gasteiger partial charge in [-0.25, -0.2) is 4.98 Å². The van der Waals surface area contributed by atoms with Crippen LogP contribution >= 0.6 is 27.5 Å². The van der Waals surface area contributed by atoms with Crippen molar-refractivity contribution in [1.82, 2.24) is 10.3 Å². The van der Waals surface area contributed by atoms with Crippen molar-refractivity contribution in [3.05, 3.63) is 68.7 Å². The Morgan fingerprint density at radius 2 is 1.91 bits per heavy atom. The number of carbonyl (C=O) groups excluding carboxylic acids is 1. The van der Waals surface area contributed by atoms with Gasteiger partial charge in [0.2, 0.25) is 0 Å². The molecule has 1 aliphatic rings. The molecular formula is C26H28BrClKN3O3. The third-order valence-corrected chi connectivity index (χ3v) is 7.20. The fraction of sp³-hybridized carbons (Fsp3) is 0.346. The van der Waals surface area contributed by atoms with E-state index in [2.05, 4.69) is 26.1 Å². The summed E-state index contributed by atoms with van der Waals surface area (Å²) in [5.41, 5.74) is 3.06. The van der Waals surface area contributed by atoms with Gasteiger partial charge in [-0.2, -0.15) is 0 Å². The van der Waals surface area contributed by atoms with Crippen LogP contribution in [0.4, 0.5) is 5.82 Å². The van der Waals surface area contributed by atoms with Crippen molar-refractivity contribution in [2.75, 3.05) is 24.5 Å². The van der Waals surface area contributed by atoms with Gasteiger partial charge in [0.15, 0.2) is 0 Å². The van der Waals surface area contributed by atoms with Gasteiger partial charge >= 0.3 is 57.4 Å². The number of aliphatic carboxylic acids is 1. The first kappa shape index (κ1) is 28.6. The number of nitrogens with one attached hydrogen (secondary N) is 1. The summed E-state index contributed by atoms with van der Waals surface area (Å²) in [6.07, 6.45) is 2.60. The second-order valence-electron chi connectivity index (χ2n) is 8.65. The van der Waals surface area contributed by atoms with Gasteiger partial charge in [-0.15, -0.1) is 0 Å². The van der Waals surface area contributed by atoms with E-state index in [0.29, 0.717) is 17.0 Å². The summed E-state index contributed by atoms with van der Waals surface area (Å²) in [6.45, 7) is 4.10. The molecule has 1 amide bonds. The van der Waals surface area contributed by atoms with Crippen LogP contribution in [0.15, 0.2) is 46.9 Å². The predicted molar refractivity (Wildman–Crippen MR) is 146 cm³/mol. The third-order valence-electron chi connectivity index (χ3n) is 6.36. The van der Waals surface area contributed by atoms with E-state index < -0.39 is 5.97 Å². The minimum absolute atomic E-state index is 0. The first-order chi connectivity index (χ1) is 16.3. The fourth-order valence-electron chi connectivity index (χ4n) is 4.62. The number of aromatic nitrogens is 1. The van der Waals surface area contributed by atoms with Gasteiger partial charge in [0.1, 0.15) is 5.82 Å². The Hall–Kier alpha value is -1.00. The molecule has 2 aromatic carbocycles. The van der Waals surface area contributed by atoms with E-state index in [1.165, 1.54) is 0 Å². The molecule has 1 unspecified atom stereocenters. The Bertz CT molecular complexity index is 1230. The number of pyridine rings is 1. The normalized spacial score (nSPS) is 14.0. The molecule has 180 valence electrons. The Labute approximate surface area is 261 Å². The van der Waals surface area contributed by atoms with E-state index in [1.54, 1.807) is 6.07 Å². The molecule has 0 spiro atoms. The maximum absolute atomic E-state index is 13.6. The van der Waals surface area contributed by atoms with Crippen LogP contribution < -0.4 is 10.2 Å². The van der Waals surface area contributed by atoms with Crippen molar-refractivity contribution in [1.29, 1.82) is 0 Å². The van der Waals surface area contributed by atoms with Gasteiger partial charge in [0, 0.05) is 52.4 Å². The number of carbonyl (C=O) groups is 2. The molecule has 2 N–H and O–H groups in total. The Balaban J connectivity index is 0.00000342. The molecule has 0 saturated carbocycles. The van der Waals surface area contributed by atoms with Gasteiger partial charge < -0.3 is 15.3 Å². The molecule has 4 rings (SSSR count). The van der Waals surface area contributed by atoms with Crippen LogP contribution in [0, 0.1) is 6.92 Å². The SMILES string of the molecule is Cc1c(N2CCCC2)nc2ccc(Br)cc2c1C(=O)NCC(CCC(=O)O)c1ccccc1Cl.[KH]. The van der Waals surface area contributed by atoms with E-state index in [0.717, 1.165) is 58.3 Å². The summed E-state index contributed by atoms with van der Waals surface area (Å²) in [4.78, 5) is 32.0. The molecule has 2 heterocycles. The topological polar surface area (TPSA) is 82.5 Å². The van der Waals surface area contributed by atoms with Crippen LogP contribution in [0.25, 0.3) is 10.9 Å². The molecule has 0 bridgehead atoms. The summed E-state index contributed by atoms with van der Waals surface area (Å²) in [5.74, 6) is -0.437. The summed E-state index contributed by atoms with van der Waals surface area (Å²) >= 11 is 9.92. The molecule has 1 aliphatic heterocycles. The molecular weight excluding hydrogens is 557 g/mol. The predicted octanol–water partition coefficient (Wildman–Crippen LogP) is 5.29. The number of fused-ring (bicyclic) bond motifs is 1. The molecule has 35 heavy (non-hydrogen) atoms. The fourth-order valence-corrected chi connectivity index (χ4v) is 5.27. The summed E-state index contributed by atoms with van der Waals surface area (Å²) < 4.78 is 0.875. The molecule has 0 aliphatic carbocycles. The van der Waals surface area contributed by atoms with Gasteiger partial charge in [-0.05, 0) is 56.0 Å². The average molecular weight is 585 g/mol. The second kappa shape index (κ2) is 13.0. The Kier molecular flexibility index (Phi) is 10.6. The van der Waals surface area contributed by atoms with Crippen LogP contribution in [-0.2, 0) is 4.79 Å². The molecule has 1 fully saturated rings. The van der Waals surface area contributed by atoms with Crippen molar-refractivity contribution >= 4 is 108 Å². The van der Waals surface area contributed by atoms with Gasteiger partial charge in [-0.1, -0.05) is 45.7 Å². The minimum atomic E-state index is -0.876. The van der Waals surface area contributed by atoms with Crippen LogP contribution in [0.1, 0.15) is 53.1 Å². The Morgan fingerprint density at radius 3 is 2.60 bits per heavy atom. The molecule has 9 heteroatoms. The van der Waals surface area contributed by atoms with Crippen LogP contribution in [-0.4, -0.2) is 93.0 Å². The van der Waals surface area contributed by atoms with Crippen molar-refractivity contribution in [3.63, 3.8) is 0 Å². The number of hydrogen-bond acceptors (Lipinski definition) is 4. The van der Waals surface area contributed by atoms with Crippen molar-refractivity contribution < 1.29 is 14.7 Å². The first-order valence-electron chi connectivity index (χ1n) is 11.4. The van der Waals surface area contributed by atoms with Crippen LogP contribution in [0.3, 0.4) is 0 Å². The number of anilines is 1. The number of hydrogen-bond donors (Lipinski definition) is 2. The number of carboxylic acids is 1. The van der Waals surface area contributed by atoms with Crippen molar-refractivity contribution in [2.45, 2.75) is 38.5 Å². The van der Waals surface area contributed by atoms with E-state index >= 15 is 0 Å². The van der Waals surface area contributed by atoms with Crippen molar-refractivity contribution in [2.24, 2.45) is 0 Å². The van der Waals surface area contributed by atoms with Crippen LogP contribution in [0.2, 0.25) is 5.02 Å². The van der Waals surface area contributed by atoms with Gasteiger partial charge in [-0.3, -0.25) is 9.59 Å². The summed E-state index contributed by atoms with van der Waals surface area (Å²) in [7, 11) is 0. The van der Waals surface area contributed by atoms with Gasteiger partial charge in [0.25, 0.3) is 5.91 Å². The summed E-state index contributed by atoms with van der Waals surface area (Å²) in [6, 6.07) is 13.2. The molecule has 1 saturated heterocycles. The van der Waals surface area contributed by atoms with Gasteiger partial charge in [0.05, 0.1) is 11.1 Å². The molecule has 1 aromatic heterocycles. The number of amides is 1. The van der Waals surface area contributed by atoms with E-state index in [4.69, 9.17) is 16.6 Å². The van der Waals surface area contributed by atoms with E-state index in [9.17, 15) is 14.7 Å². The molecule has 1 atom stereocenters. The number of rotatable bonds is 8. The number of carboxylic acid groups (broad SMARTS) is 1.